The molecule has 0 bridgehead atoms. The van der Waals surface area contributed by atoms with Crippen LogP contribution in [0.4, 0.5) is 5.69 Å². The quantitative estimate of drug-likeness (QED) is 0.783. The van der Waals surface area contributed by atoms with Crippen molar-refractivity contribution in [3.8, 4) is 0 Å². The highest BCUT2D eigenvalue weighted by atomic mass is 16.1. The van der Waals surface area contributed by atoms with E-state index in [1.807, 2.05) is 0 Å². The number of hydrogen-bond acceptors (Lipinski definition) is 3. The molecule has 2 aliphatic carbocycles. The van der Waals surface area contributed by atoms with Crippen LogP contribution in [-0.2, 0) is 4.79 Å². The largest absolute Gasteiger partial charge is 0.371 e. The van der Waals surface area contributed by atoms with Crippen LogP contribution < -0.4 is 4.90 Å². The fourth-order valence-corrected chi connectivity index (χ4v) is 4.72. The Balaban J connectivity index is 1.48. The maximum atomic E-state index is 12.4. The SMILES string of the molecule is C/C(=C1/C(=O)C[C@H]2[C@@H]1C2(C)C)N1CCN(c2ccccc2)CC1. The molecule has 3 heteroatoms. The third kappa shape index (κ3) is 2.29. The number of para-hydroxylation sites is 1. The summed E-state index contributed by atoms with van der Waals surface area (Å²) in [7, 11) is 0. The van der Waals surface area contributed by atoms with E-state index in [1.54, 1.807) is 0 Å². The molecule has 1 aliphatic heterocycles. The number of rotatable bonds is 2. The Morgan fingerprint density at radius 1 is 1.09 bits per heavy atom. The smallest absolute Gasteiger partial charge is 0.161 e. The van der Waals surface area contributed by atoms with Crippen molar-refractivity contribution in [1.29, 1.82) is 0 Å². The number of nitrogens with zero attached hydrogens (tertiary/aromatic N) is 2. The molecule has 0 unspecified atom stereocenters. The van der Waals surface area contributed by atoms with E-state index in [9.17, 15) is 4.79 Å². The van der Waals surface area contributed by atoms with Gasteiger partial charge in [-0.1, -0.05) is 32.0 Å². The number of piperazine rings is 1. The fraction of sp³-hybridized carbons (Fsp3) is 0.550. The average Bonchev–Trinajstić information content (AvgIpc) is 2.92. The van der Waals surface area contributed by atoms with Gasteiger partial charge in [-0.3, -0.25) is 4.79 Å². The summed E-state index contributed by atoms with van der Waals surface area (Å²) in [5.41, 5.74) is 4.04. The highest BCUT2D eigenvalue weighted by molar-refractivity contribution is 6.01. The van der Waals surface area contributed by atoms with E-state index in [0.29, 0.717) is 23.0 Å². The summed E-state index contributed by atoms with van der Waals surface area (Å²) in [5, 5.41) is 0. The van der Waals surface area contributed by atoms with Crippen LogP contribution >= 0.6 is 0 Å². The van der Waals surface area contributed by atoms with Gasteiger partial charge in [0, 0.05) is 49.6 Å². The summed E-state index contributed by atoms with van der Waals surface area (Å²) in [6, 6.07) is 10.6. The van der Waals surface area contributed by atoms with Crippen LogP contribution in [-0.4, -0.2) is 36.9 Å². The molecule has 0 N–H and O–H groups in total. The predicted octanol–water partition coefficient (Wildman–Crippen LogP) is 3.33. The first-order chi connectivity index (χ1) is 11.0. The van der Waals surface area contributed by atoms with Gasteiger partial charge in [-0.15, -0.1) is 0 Å². The van der Waals surface area contributed by atoms with Gasteiger partial charge in [0.15, 0.2) is 5.78 Å². The number of allylic oxidation sites excluding steroid dienone is 2. The average molecular weight is 310 g/mol. The Morgan fingerprint density at radius 2 is 1.74 bits per heavy atom. The Morgan fingerprint density at radius 3 is 2.35 bits per heavy atom. The Bertz CT molecular complexity index is 653. The molecule has 0 radical (unpaired) electrons. The van der Waals surface area contributed by atoms with Crippen molar-refractivity contribution in [2.24, 2.45) is 17.3 Å². The van der Waals surface area contributed by atoms with Crippen LogP contribution in [0.25, 0.3) is 0 Å². The maximum absolute atomic E-state index is 12.4. The number of carbonyl (C=O) groups excluding carboxylic acids is 1. The van der Waals surface area contributed by atoms with Gasteiger partial charge in [-0.05, 0) is 36.3 Å². The number of ketones is 1. The minimum atomic E-state index is 0.344. The number of anilines is 1. The summed E-state index contributed by atoms with van der Waals surface area (Å²) >= 11 is 0. The van der Waals surface area contributed by atoms with Crippen molar-refractivity contribution in [2.45, 2.75) is 27.2 Å². The van der Waals surface area contributed by atoms with Crippen molar-refractivity contribution < 1.29 is 4.79 Å². The molecule has 2 atom stereocenters. The Kier molecular flexibility index (Phi) is 3.29. The fourth-order valence-electron chi connectivity index (χ4n) is 4.72. The van der Waals surface area contributed by atoms with Crippen LogP contribution in [0.1, 0.15) is 27.2 Å². The molecule has 0 aromatic heterocycles. The van der Waals surface area contributed by atoms with Crippen LogP contribution in [0, 0.1) is 17.3 Å². The summed E-state index contributed by atoms with van der Waals surface area (Å²) in [6.45, 7) is 10.9. The third-order valence-electron chi connectivity index (χ3n) is 6.33. The number of Topliss-reactive ketones (excluding diaryl/α,β-unsaturated/α-hetero) is 1. The molecule has 0 spiro atoms. The minimum absolute atomic E-state index is 0.344. The second kappa shape index (κ2) is 5.12. The first-order valence-electron chi connectivity index (χ1n) is 8.79. The molecule has 1 aromatic rings. The molecular formula is C20H26N2O. The van der Waals surface area contributed by atoms with E-state index < -0.39 is 0 Å². The number of hydrogen-bond donors (Lipinski definition) is 0. The van der Waals surface area contributed by atoms with E-state index in [2.05, 4.69) is 60.9 Å². The van der Waals surface area contributed by atoms with Crippen molar-refractivity contribution in [3.63, 3.8) is 0 Å². The Hall–Kier alpha value is -1.77. The molecule has 122 valence electrons. The van der Waals surface area contributed by atoms with Gasteiger partial charge in [0.2, 0.25) is 0 Å². The van der Waals surface area contributed by atoms with Crippen LogP contribution in [0.3, 0.4) is 0 Å². The molecular weight excluding hydrogens is 284 g/mol. The van der Waals surface area contributed by atoms with Crippen molar-refractivity contribution in [1.82, 2.24) is 4.90 Å². The lowest BCUT2D eigenvalue weighted by Gasteiger charge is -2.38. The van der Waals surface area contributed by atoms with E-state index in [-0.39, 0.29) is 0 Å². The summed E-state index contributed by atoms with van der Waals surface area (Å²) in [6.07, 6.45) is 0.772. The van der Waals surface area contributed by atoms with E-state index >= 15 is 0 Å². The van der Waals surface area contributed by atoms with E-state index in [1.165, 1.54) is 11.4 Å². The zero-order valence-electron chi connectivity index (χ0n) is 14.4. The van der Waals surface area contributed by atoms with Gasteiger partial charge in [0.25, 0.3) is 0 Å². The molecule has 1 saturated heterocycles. The van der Waals surface area contributed by atoms with Gasteiger partial charge in [0.1, 0.15) is 0 Å². The van der Waals surface area contributed by atoms with Gasteiger partial charge in [-0.2, -0.15) is 0 Å². The number of benzene rings is 1. The molecule has 4 rings (SSSR count). The Labute approximate surface area is 139 Å². The van der Waals surface area contributed by atoms with Crippen molar-refractivity contribution in [3.05, 3.63) is 41.6 Å². The van der Waals surface area contributed by atoms with Gasteiger partial charge >= 0.3 is 0 Å². The lowest BCUT2D eigenvalue weighted by atomic mass is 9.95. The molecule has 1 heterocycles. The molecule has 2 saturated carbocycles. The van der Waals surface area contributed by atoms with Crippen molar-refractivity contribution in [2.75, 3.05) is 31.1 Å². The highest BCUT2D eigenvalue weighted by Crippen LogP contribution is 2.68. The van der Waals surface area contributed by atoms with Gasteiger partial charge in [-0.25, -0.2) is 0 Å². The van der Waals surface area contributed by atoms with Gasteiger partial charge < -0.3 is 9.80 Å². The molecule has 23 heavy (non-hydrogen) atoms. The van der Waals surface area contributed by atoms with Crippen molar-refractivity contribution >= 4 is 11.5 Å². The number of carbonyl (C=O) groups is 1. The first kappa shape index (κ1) is 14.8. The van der Waals surface area contributed by atoms with Crippen LogP contribution in [0.15, 0.2) is 41.6 Å². The maximum Gasteiger partial charge on any atom is 0.161 e. The third-order valence-corrected chi connectivity index (χ3v) is 6.33. The topological polar surface area (TPSA) is 23.6 Å². The molecule has 0 amide bonds. The van der Waals surface area contributed by atoms with Gasteiger partial charge in [0.05, 0.1) is 0 Å². The highest BCUT2D eigenvalue weighted by Gasteiger charge is 2.65. The predicted molar refractivity (Wildman–Crippen MR) is 93.3 cm³/mol. The molecule has 1 aromatic carbocycles. The summed E-state index contributed by atoms with van der Waals surface area (Å²) < 4.78 is 0. The van der Waals surface area contributed by atoms with Crippen LogP contribution in [0.5, 0.6) is 0 Å². The zero-order valence-corrected chi connectivity index (χ0v) is 14.4. The van der Waals surface area contributed by atoms with E-state index in [0.717, 1.165) is 38.2 Å². The normalized spacial score (nSPS) is 31.2. The van der Waals surface area contributed by atoms with Crippen LogP contribution in [0.2, 0.25) is 0 Å². The molecule has 3 nitrogen and oxygen atoms in total. The summed E-state index contributed by atoms with van der Waals surface area (Å²) in [4.78, 5) is 17.3. The second-order valence-corrected chi connectivity index (χ2v) is 7.84. The molecule has 3 aliphatic rings. The second-order valence-electron chi connectivity index (χ2n) is 7.84. The monoisotopic (exact) mass is 310 g/mol. The minimum Gasteiger partial charge on any atom is -0.371 e. The standard InChI is InChI=1S/C20H26N2O/c1-14(18-17(23)13-16-19(18)20(16,2)3)21-9-11-22(12-10-21)15-7-5-4-6-8-15/h4-8,16,19H,9-13H2,1-3H3/b18-14+/t16-,19-/m0/s1. The number of fused-ring (bicyclic) bond motifs is 1. The lowest BCUT2D eigenvalue weighted by molar-refractivity contribution is -0.115. The lowest BCUT2D eigenvalue weighted by Crippen LogP contribution is -2.46. The first-order valence-corrected chi connectivity index (χ1v) is 8.79. The zero-order chi connectivity index (χ0) is 16.2. The molecule has 3 fully saturated rings. The summed E-state index contributed by atoms with van der Waals surface area (Å²) in [5.74, 6) is 1.52. The van der Waals surface area contributed by atoms with E-state index in [4.69, 9.17) is 0 Å².